The van der Waals surface area contributed by atoms with Gasteiger partial charge in [-0.3, -0.25) is 0 Å². The van der Waals surface area contributed by atoms with Crippen LogP contribution in [0, 0.1) is 5.92 Å². The highest BCUT2D eigenvalue weighted by Crippen LogP contribution is 2.24. The number of likely N-dealkylation sites (tertiary alicyclic amines) is 1. The van der Waals surface area contributed by atoms with E-state index in [2.05, 4.69) is 6.92 Å². The largest absolute Gasteiger partial charge is 0.444 e. The number of hydrogen-bond donors (Lipinski definition) is 0. The summed E-state index contributed by atoms with van der Waals surface area (Å²) in [6.45, 7) is 9.86. The van der Waals surface area contributed by atoms with E-state index in [9.17, 15) is 4.79 Å². The molecule has 0 aromatic rings. The lowest BCUT2D eigenvalue weighted by molar-refractivity contribution is 0.0160. The van der Waals surface area contributed by atoms with Gasteiger partial charge in [-0.05, 0) is 46.0 Å². The van der Waals surface area contributed by atoms with Gasteiger partial charge in [-0.2, -0.15) is 0 Å². The van der Waals surface area contributed by atoms with Crippen LogP contribution < -0.4 is 0 Å². The van der Waals surface area contributed by atoms with Gasteiger partial charge in [0.25, 0.3) is 0 Å². The van der Waals surface area contributed by atoms with Gasteiger partial charge in [-0.25, -0.2) is 4.79 Å². The number of nitrogens with zero attached hydrogens (tertiary/aromatic N) is 1. The summed E-state index contributed by atoms with van der Waals surface area (Å²) >= 11 is 0. The zero-order chi connectivity index (χ0) is 18.5. The molecule has 0 radical (unpaired) electrons. The second kappa shape index (κ2) is 12.6. The highest BCUT2D eigenvalue weighted by atomic mass is 16.6. The van der Waals surface area contributed by atoms with E-state index in [-0.39, 0.29) is 11.7 Å². The van der Waals surface area contributed by atoms with Gasteiger partial charge >= 0.3 is 6.09 Å². The summed E-state index contributed by atoms with van der Waals surface area (Å²) in [5.41, 5.74) is -0.388. The zero-order valence-corrected chi connectivity index (χ0v) is 17.4. The maximum atomic E-state index is 12.2. The smallest absolute Gasteiger partial charge is 0.410 e. The van der Waals surface area contributed by atoms with Crippen molar-refractivity contribution in [1.82, 2.24) is 4.90 Å². The van der Waals surface area contributed by atoms with Crippen molar-refractivity contribution in [1.29, 1.82) is 0 Å². The van der Waals surface area contributed by atoms with Gasteiger partial charge < -0.3 is 9.64 Å². The summed E-state index contributed by atoms with van der Waals surface area (Å²) in [6, 6.07) is 0. The molecule has 1 unspecified atom stereocenters. The second-order valence-corrected chi connectivity index (χ2v) is 8.91. The molecule has 1 amide bonds. The van der Waals surface area contributed by atoms with E-state index < -0.39 is 0 Å². The Labute approximate surface area is 156 Å². The molecule has 1 heterocycles. The minimum absolute atomic E-state index is 0.125. The van der Waals surface area contributed by atoms with Crippen LogP contribution in [0.5, 0.6) is 0 Å². The van der Waals surface area contributed by atoms with Crippen molar-refractivity contribution >= 4 is 6.09 Å². The topological polar surface area (TPSA) is 29.5 Å². The van der Waals surface area contributed by atoms with Gasteiger partial charge in [0.2, 0.25) is 0 Å². The van der Waals surface area contributed by atoms with Crippen molar-refractivity contribution in [2.75, 3.05) is 13.1 Å². The molecule has 1 saturated heterocycles. The highest BCUT2D eigenvalue weighted by molar-refractivity contribution is 5.68. The molecule has 0 aromatic carbocycles. The number of ether oxygens (including phenoxy) is 1. The molecular formula is C22H43NO2. The molecule has 148 valence electrons. The number of carbonyl (C=O) groups is 1. The predicted octanol–water partition coefficient (Wildman–Crippen LogP) is 6.94. The van der Waals surface area contributed by atoms with Crippen LogP contribution in [-0.2, 0) is 4.74 Å². The van der Waals surface area contributed by atoms with Crippen molar-refractivity contribution in [2.45, 2.75) is 117 Å². The van der Waals surface area contributed by atoms with Crippen LogP contribution in [0.4, 0.5) is 4.79 Å². The average molecular weight is 354 g/mol. The summed E-state index contributed by atoms with van der Waals surface area (Å²) in [5.74, 6) is 0.676. The van der Waals surface area contributed by atoms with Gasteiger partial charge in [0.15, 0.2) is 0 Å². The number of rotatable bonds is 11. The fourth-order valence-electron chi connectivity index (χ4n) is 3.71. The summed E-state index contributed by atoms with van der Waals surface area (Å²) in [7, 11) is 0. The number of carbonyl (C=O) groups excluding carboxylic acids is 1. The minimum atomic E-state index is -0.388. The van der Waals surface area contributed by atoms with Crippen LogP contribution in [0.2, 0.25) is 0 Å². The molecule has 0 saturated carbocycles. The Hall–Kier alpha value is -0.730. The Bertz CT molecular complexity index is 348. The lowest BCUT2D eigenvalue weighted by Crippen LogP contribution is -2.42. The van der Waals surface area contributed by atoms with Gasteiger partial charge in [0, 0.05) is 13.1 Å². The van der Waals surface area contributed by atoms with Crippen molar-refractivity contribution in [3.8, 4) is 0 Å². The lowest BCUT2D eigenvalue weighted by atomic mass is 9.92. The number of amides is 1. The normalized spacial score (nSPS) is 18.4. The molecule has 0 bridgehead atoms. The molecule has 1 rings (SSSR count). The standard InChI is InChI=1S/C22H43NO2/c1-5-6-7-8-9-10-11-12-13-14-16-20-17-15-18-23(19-20)21(24)25-22(2,3)4/h20H,5-19H2,1-4H3. The molecule has 0 spiro atoms. The lowest BCUT2D eigenvalue weighted by Gasteiger charge is -2.34. The van der Waals surface area contributed by atoms with E-state index in [1.54, 1.807) is 0 Å². The van der Waals surface area contributed by atoms with Gasteiger partial charge in [-0.1, -0.05) is 71.1 Å². The summed E-state index contributed by atoms with van der Waals surface area (Å²) in [6.07, 6.45) is 17.5. The molecule has 1 aliphatic rings. The third-order valence-electron chi connectivity index (χ3n) is 5.14. The number of hydrogen-bond acceptors (Lipinski definition) is 2. The van der Waals surface area contributed by atoms with Crippen molar-refractivity contribution < 1.29 is 9.53 Å². The third kappa shape index (κ3) is 11.5. The average Bonchev–Trinajstić information content (AvgIpc) is 2.55. The summed E-state index contributed by atoms with van der Waals surface area (Å²) in [5, 5.41) is 0. The Balaban J connectivity index is 2.04. The van der Waals surface area contributed by atoms with E-state index >= 15 is 0 Å². The van der Waals surface area contributed by atoms with E-state index in [0.29, 0.717) is 5.92 Å². The van der Waals surface area contributed by atoms with Crippen molar-refractivity contribution in [2.24, 2.45) is 5.92 Å². The number of unbranched alkanes of at least 4 members (excludes halogenated alkanes) is 9. The van der Waals surface area contributed by atoms with Crippen LogP contribution in [-0.4, -0.2) is 29.7 Å². The summed E-state index contributed by atoms with van der Waals surface area (Å²) < 4.78 is 5.52. The monoisotopic (exact) mass is 353 g/mol. The fraction of sp³-hybridized carbons (Fsp3) is 0.955. The first-order valence-corrected chi connectivity index (χ1v) is 10.9. The zero-order valence-electron chi connectivity index (χ0n) is 17.4. The molecule has 0 aromatic heterocycles. The Morgan fingerprint density at radius 3 is 2.08 bits per heavy atom. The van der Waals surface area contributed by atoms with E-state index in [1.807, 2.05) is 25.7 Å². The van der Waals surface area contributed by atoms with Crippen LogP contribution >= 0.6 is 0 Å². The van der Waals surface area contributed by atoms with Crippen LogP contribution in [0.15, 0.2) is 0 Å². The number of piperidine rings is 1. The molecule has 1 fully saturated rings. The Morgan fingerprint density at radius 1 is 0.960 bits per heavy atom. The van der Waals surface area contributed by atoms with E-state index in [0.717, 1.165) is 19.5 Å². The molecular weight excluding hydrogens is 310 g/mol. The first kappa shape index (κ1) is 22.3. The molecule has 1 aliphatic heterocycles. The fourth-order valence-corrected chi connectivity index (χ4v) is 3.71. The van der Waals surface area contributed by atoms with Crippen LogP contribution in [0.1, 0.15) is 111 Å². The molecule has 3 heteroatoms. The van der Waals surface area contributed by atoms with Crippen molar-refractivity contribution in [3.63, 3.8) is 0 Å². The Kier molecular flexibility index (Phi) is 11.2. The SMILES string of the molecule is CCCCCCCCCCCCC1CCCN(C(=O)OC(C)(C)C)C1. The molecule has 0 N–H and O–H groups in total. The predicted molar refractivity (Wildman–Crippen MR) is 107 cm³/mol. The minimum Gasteiger partial charge on any atom is -0.444 e. The second-order valence-electron chi connectivity index (χ2n) is 8.91. The van der Waals surface area contributed by atoms with Gasteiger partial charge in [0.1, 0.15) is 5.60 Å². The van der Waals surface area contributed by atoms with Crippen LogP contribution in [0.25, 0.3) is 0 Å². The highest BCUT2D eigenvalue weighted by Gasteiger charge is 2.27. The van der Waals surface area contributed by atoms with E-state index in [1.165, 1.54) is 77.0 Å². The van der Waals surface area contributed by atoms with Crippen LogP contribution in [0.3, 0.4) is 0 Å². The Morgan fingerprint density at radius 2 is 1.52 bits per heavy atom. The van der Waals surface area contributed by atoms with Gasteiger partial charge in [0.05, 0.1) is 0 Å². The van der Waals surface area contributed by atoms with E-state index in [4.69, 9.17) is 4.74 Å². The van der Waals surface area contributed by atoms with Crippen molar-refractivity contribution in [3.05, 3.63) is 0 Å². The quantitative estimate of drug-likeness (QED) is 0.376. The maximum absolute atomic E-state index is 12.2. The molecule has 0 aliphatic carbocycles. The first-order chi connectivity index (χ1) is 11.9. The summed E-state index contributed by atoms with van der Waals surface area (Å²) in [4.78, 5) is 14.1. The maximum Gasteiger partial charge on any atom is 0.410 e. The molecule has 25 heavy (non-hydrogen) atoms. The first-order valence-electron chi connectivity index (χ1n) is 10.9. The molecule has 3 nitrogen and oxygen atoms in total. The van der Waals surface area contributed by atoms with Gasteiger partial charge in [-0.15, -0.1) is 0 Å². The molecule has 1 atom stereocenters. The third-order valence-corrected chi connectivity index (χ3v) is 5.14.